The van der Waals surface area contributed by atoms with Gasteiger partial charge in [-0.05, 0) is 31.0 Å². The monoisotopic (exact) mass is 312 g/mol. The summed E-state index contributed by atoms with van der Waals surface area (Å²) < 4.78 is 5.34. The van der Waals surface area contributed by atoms with Crippen LogP contribution in [0.25, 0.3) is 0 Å². The lowest BCUT2D eigenvalue weighted by Gasteiger charge is -2.27. The van der Waals surface area contributed by atoms with E-state index in [1.165, 1.54) is 6.33 Å². The molecule has 2 aromatic rings. The van der Waals surface area contributed by atoms with Gasteiger partial charge < -0.3 is 15.0 Å². The number of carbonyl (C=O) groups is 1. The first-order valence-corrected chi connectivity index (χ1v) is 7.67. The second kappa shape index (κ2) is 6.75. The fraction of sp³-hybridized carbons (Fsp3) is 0.353. The minimum absolute atomic E-state index is 0.226. The minimum Gasteiger partial charge on any atom is -0.378 e. The number of rotatable bonds is 3. The predicted molar refractivity (Wildman–Crippen MR) is 88.9 cm³/mol. The first-order chi connectivity index (χ1) is 11.1. The Kier molecular flexibility index (Phi) is 4.52. The molecule has 6 nitrogen and oxygen atoms in total. The quantitative estimate of drug-likeness (QED) is 0.941. The molecule has 0 spiro atoms. The molecule has 1 aliphatic heterocycles. The van der Waals surface area contributed by atoms with E-state index >= 15 is 0 Å². The molecule has 1 fully saturated rings. The highest BCUT2D eigenvalue weighted by molar-refractivity contribution is 6.03. The van der Waals surface area contributed by atoms with E-state index in [1.54, 1.807) is 6.07 Å². The van der Waals surface area contributed by atoms with Gasteiger partial charge in [0.05, 0.1) is 13.2 Å². The number of carbonyl (C=O) groups excluding carboxylic acids is 1. The van der Waals surface area contributed by atoms with E-state index in [0.717, 1.165) is 35.7 Å². The molecule has 3 rings (SSSR count). The SMILES string of the molecule is Cc1ccc(C)c(NC(=O)c2cc(N3CCOCC3)ncn2)c1. The molecule has 1 N–H and O–H groups in total. The van der Waals surface area contributed by atoms with Crippen molar-refractivity contribution >= 4 is 17.4 Å². The van der Waals surface area contributed by atoms with Crippen molar-refractivity contribution in [3.8, 4) is 0 Å². The normalized spacial score (nSPS) is 14.6. The van der Waals surface area contributed by atoms with Gasteiger partial charge in [-0.2, -0.15) is 0 Å². The van der Waals surface area contributed by atoms with Crippen LogP contribution in [0.4, 0.5) is 11.5 Å². The summed E-state index contributed by atoms with van der Waals surface area (Å²) in [6, 6.07) is 7.69. The third-order valence-corrected chi connectivity index (χ3v) is 3.86. The topological polar surface area (TPSA) is 67.4 Å². The lowest BCUT2D eigenvalue weighted by atomic mass is 10.1. The van der Waals surface area contributed by atoms with E-state index in [2.05, 4.69) is 20.2 Å². The lowest BCUT2D eigenvalue weighted by Crippen LogP contribution is -2.37. The van der Waals surface area contributed by atoms with Crippen molar-refractivity contribution in [2.75, 3.05) is 36.5 Å². The lowest BCUT2D eigenvalue weighted by molar-refractivity contribution is 0.102. The predicted octanol–water partition coefficient (Wildman–Crippen LogP) is 2.18. The minimum atomic E-state index is -0.226. The van der Waals surface area contributed by atoms with Crippen molar-refractivity contribution < 1.29 is 9.53 Å². The number of aryl methyl sites for hydroxylation is 2. The highest BCUT2D eigenvalue weighted by atomic mass is 16.5. The zero-order valence-corrected chi connectivity index (χ0v) is 13.4. The van der Waals surface area contributed by atoms with Crippen molar-refractivity contribution in [1.82, 2.24) is 9.97 Å². The molecule has 1 aromatic carbocycles. The first kappa shape index (κ1) is 15.4. The molecular weight excluding hydrogens is 292 g/mol. The fourth-order valence-electron chi connectivity index (χ4n) is 2.49. The van der Waals surface area contributed by atoms with Crippen LogP contribution in [-0.4, -0.2) is 42.2 Å². The van der Waals surface area contributed by atoms with Crippen molar-refractivity contribution in [2.45, 2.75) is 13.8 Å². The Morgan fingerprint density at radius 3 is 2.74 bits per heavy atom. The Balaban J connectivity index is 1.78. The number of hydrogen-bond donors (Lipinski definition) is 1. The van der Waals surface area contributed by atoms with E-state index < -0.39 is 0 Å². The molecule has 1 saturated heterocycles. The summed E-state index contributed by atoms with van der Waals surface area (Å²) in [7, 11) is 0. The van der Waals surface area contributed by atoms with Crippen LogP contribution in [-0.2, 0) is 4.74 Å². The number of amides is 1. The smallest absolute Gasteiger partial charge is 0.274 e. The van der Waals surface area contributed by atoms with E-state index in [9.17, 15) is 4.79 Å². The number of hydrogen-bond acceptors (Lipinski definition) is 5. The van der Waals surface area contributed by atoms with Crippen LogP contribution in [0.1, 0.15) is 21.6 Å². The Bertz CT molecular complexity index is 711. The fourth-order valence-corrected chi connectivity index (χ4v) is 2.49. The van der Waals surface area contributed by atoms with Gasteiger partial charge in [-0.25, -0.2) is 9.97 Å². The van der Waals surface area contributed by atoms with Gasteiger partial charge in [0.2, 0.25) is 0 Å². The zero-order valence-electron chi connectivity index (χ0n) is 13.4. The van der Waals surface area contributed by atoms with Crippen molar-refractivity contribution in [1.29, 1.82) is 0 Å². The van der Waals surface area contributed by atoms with Gasteiger partial charge in [0, 0.05) is 24.8 Å². The Hall–Kier alpha value is -2.47. The van der Waals surface area contributed by atoms with E-state index in [1.807, 2.05) is 32.0 Å². The number of ether oxygens (including phenoxy) is 1. The highest BCUT2D eigenvalue weighted by Crippen LogP contribution is 2.18. The molecule has 0 atom stereocenters. The summed E-state index contributed by atoms with van der Waals surface area (Å²) in [5.41, 5.74) is 3.29. The molecule has 0 unspecified atom stereocenters. The van der Waals surface area contributed by atoms with Gasteiger partial charge in [0.25, 0.3) is 5.91 Å². The summed E-state index contributed by atoms with van der Waals surface area (Å²) in [5, 5.41) is 2.93. The molecule has 6 heteroatoms. The van der Waals surface area contributed by atoms with Gasteiger partial charge >= 0.3 is 0 Å². The van der Waals surface area contributed by atoms with Gasteiger partial charge in [0.1, 0.15) is 17.8 Å². The summed E-state index contributed by atoms with van der Waals surface area (Å²) in [4.78, 5) is 22.9. The molecule has 23 heavy (non-hydrogen) atoms. The van der Waals surface area contributed by atoms with Crippen LogP contribution >= 0.6 is 0 Å². The highest BCUT2D eigenvalue weighted by Gasteiger charge is 2.16. The zero-order chi connectivity index (χ0) is 16.2. The van der Waals surface area contributed by atoms with Crippen LogP contribution in [0.15, 0.2) is 30.6 Å². The van der Waals surface area contributed by atoms with Crippen molar-refractivity contribution in [2.24, 2.45) is 0 Å². The summed E-state index contributed by atoms with van der Waals surface area (Å²) in [5.74, 6) is 0.532. The van der Waals surface area contributed by atoms with Gasteiger partial charge in [-0.15, -0.1) is 0 Å². The molecule has 2 heterocycles. The Morgan fingerprint density at radius 1 is 1.17 bits per heavy atom. The van der Waals surface area contributed by atoms with Crippen molar-refractivity contribution in [3.63, 3.8) is 0 Å². The largest absolute Gasteiger partial charge is 0.378 e. The third kappa shape index (κ3) is 3.65. The number of nitrogens with one attached hydrogen (secondary N) is 1. The van der Waals surface area contributed by atoms with Crippen LogP contribution < -0.4 is 10.2 Å². The first-order valence-electron chi connectivity index (χ1n) is 7.67. The summed E-state index contributed by atoms with van der Waals surface area (Å²) >= 11 is 0. The Morgan fingerprint density at radius 2 is 1.96 bits per heavy atom. The van der Waals surface area contributed by atoms with E-state index in [0.29, 0.717) is 18.9 Å². The number of aromatic nitrogens is 2. The standard InChI is InChI=1S/C17H20N4O2/c1-12-3-4-13(2)14(9-12)20-17(22)15-10-16(19-11-18-15)21-5-7-23-8-6-21/h3-4,9-11H,5-8H2,1-2H3,(H,20,22). The molecule has 1 aromatic heterocycles. The van der Waals surface area contributed by atoms with Gasteiger partial charge in [-0.1, -0.05) is 12.1 Å². The average Bonchev–Trinajstić information content (AvgIpc) is 2.59. The second-order valence-electron chi connectivity index (χ2n) is 5.63. The molecule has 0 bridgehead atoms. The van der Waals surface area contributed by atoms with Gasteiger partial charge in [0.15, 0.2) is 0 Å². The molecule has 120 valence electrons. The Labute approximate surface area is 135 Å². The average molecular weight is 312 g/mol. The maximum Gasteiger partial charge on any atom is 0.274 e. The van der Waals surface area contributed by atoms with Crippen LogP contribution in [0.5, 0.6) is 0 Å². The van der Waals surface area contributed by atoms with Crippen LogP contribution in [0.2, 0.25) is 0 Å². The van der Waals surface area contributed by atoms with Crippen LogP contribution in [0.3, 0.4) is 0 Å². The van der Waals surface area contributed by atoms with Gasteiger partial charge in [-0.3, -0.25) is 4.79 Å². The number of anilines is 2. The molecule has 0 aliphatic carbocycles. The third-order valence-electron chi connectivity index (χ3n) is 3.86. The molecule has 1 aliphatic rings. The number of morpholine rings is 1. The van der Waals surface area contributed by atoms with Crippen molar-refractivity contribution in [3.05, 3.63) is 47.4 Å². The maximum absolute atomic E-state index is 12.5. The molecule has 0 radical (unpaired) electrons. The molecule has 0 saturated carbocycles. The maximum atomic E-state index is 12.5. The number of nitrogens with zero attached hydrogens (tertiary/aromatic N) is 3. The second-order valence-corrected chi connectivity index (χ2v) is 5.63. The summed E-state index contributed by atoms with van der Waals surface area (Å²) in [6.07, 6.45) is 1.43. The van der Waals surface area contributed by atoms with E-state index in [4.69, 9.17) is 4.74 Å². The summed E-state index contributed by atoms with van der Waals surface area (Å²) in [6.45, 7) is 6.86. The van der Waals surface area contributed by atoms with E-state index in [-0.39, 0.29) is 5.91 Å². The number of benzene rings is 1. The van der Waals surface area contributed by atoms with Crippen LogP contribution in [0, 0.1) is 13.8 Å². The molecular formula is C17H20N4O2. The molecule has 1 amide bonds.